The Labute approximate surface area is 122 Å². The van der Waals surface area contributed by atoms with Crippen molar-refractivity contribution in [2.75, 3.05) is 0 Å². The topological polar surface area (TPSA) is 12.9 Å². The summed E-state index contributed by atoms with van der Waals surface area (Å²) in [5.41, 5.74) is 6.42. The Kier molecular flexibility index (Phi) is 3.60. The maximum absolute atomic E-state index is 4.90. The number of hydrogen-bond acceptors (Lipinski definition) is 1. The number of nitrogens with zero attached hydrogens (tertiary/aromatic N) is 1. The number of pyridine rings is 1. The summed E-state index contributed by atoms with van der Waals surface area (Å²) in [6.07, 6.45) is 11.1. The molecule has 2 unspecified atom stereocenters. The van der Waals surface area contributed by atoms with Gasteiger partial charge >= 0.3 is 0 Å². The fourth-order valence-electron chi connectivity index (χ4n) is 3.84. The molecule has 1 heterocycles. The van der Waals surface area contributed by atoms with Crippen LogP contribution in [0.25, 0.3) is 5.57 Å². The van der Waals surface area contributed by atoms with Crippen molar-refractivity contribution < 1.29 is 0 Å². The zero-order chi connectivity index (χ0) is 14.1. The average molecular weight is 265 g/mol. The quantitative estimate of drug-likeness (QED) is 0.393. The van der Waals surface area contributed by atoms with Gasteiger partial charge in [0, 0.05) is 5.69 Å². The van der Waals surface area contributed by atoms with Gasteiger partial charge in [-0.15, -0.1) is 6.58 Å². The highest BCUT2D eigenvalue weighted by Crippen LogP contribution is 2.54. The number of aromatic nitrogens is 1. The third-order valence-electron chi connectivity index (χ3n) is 4.85. The van der Waals surface area contributed by atoms with E-state index in [1.54, 1.807) is 11.1 Å². The smallest absolute Gasteiger partial charge is 0.0702 e. The second-order valence-electron chi connectivity index (χ2n) is 6.07. The maximum atomic E-state index is 4.90. The molecular weight excluding hydrogens is 242 g/mol. The number of rotatable bonds is 6. The fourth-order valence-corrected chi connectivity index (χ4v) is 3.84. The molecule has 1 aromatic rings. The molecule has 1 aromatic heterocycles. The van der Waals surface area contributed by atoms with E-state index in [4.69, 9.17) is 4.98 Å². The molecule has 2 atom stereocenters. The van der Waals surface area contributed by atoms with E-state index in [9.17, 15) is 0 Å². The van der Waals surface area contributed by atoms with Crippen molar-refractivity contribution in [2.24, 2.45) is 0 Å². The minimum Gasteiger partial charge on any atom is -0.253 e. The first-order valence-corrected chi connectivity index (χ1v) is 7.71. The molecular formula is C19H23N. The van der Waals surface area contributed by atoms with E-state index in [1.165, 1.54) is 25.0 Å². The monoisotopic (exact) mass is 265 g/mol. The van der Waals surface area contributed by atoms with E-state index < -0.39 is 0 Å². The minimum absolute atomic E-state index is 0.771. The summed E-state index contributed by atoms with van der Waals surface area (Å²) in [6, 6.07) is 2.28. The van der Waals surface area contributed by atoms with Crippen LogP contribution in [0.2, 0.25) is 0 Å². The Bertz CT molecular complexity index is 567. The highest BCUT2D eigenvalue weighted by molar-refractivity contribution is 5.70. The van der Waals surface area contributed by atoms with Crippen LogP contribution in [0.15, 0.2) is 38.0 Å². The molecule has 0 N–H and O–H groups in total. The molecule has 0 aromatic carbocycles. The molecule has 3 rings (SSSR count). The Morgan fingerprint density at radius 2 is 2.10 bits per heavy atom. The van der Waals surface area contributed by atoms with Crippen molar-refractivity contribution in [3.63, 3.8) is 0 Å². The summed E-state index contributed by atoms with van der Waals surface area (Å²) in [6.45, 7) is 11.7. The second kappa shape index (κ2) is 5.40. The number of fused-ring (bicyclic) bond motifs is 5. The summed E-state index contributed by atoms with van der Waals surface area (Å²) in [5.74, 6) is 1.54. The maximum Gasteiger partial charge on any atom is 0.0702 e. The Morgan fingerprint density at radius 3 is 2.85 bits per heavy atom. The number of unbranched alkanes of at least 4 members (excludes halogenated alkanes) is 1. The average Bonchev–Trinajstić information content (AvgIpc) is 3.08. The molecule has 104 valence electrons. The predicted molar refractivity (Wildman–Crippen MR) is 85.9 cm³/mol. The van der Waals surface area contributed by atoms with E-state index in [-0.39, 0.29) is 0 Å². The van der Waals surface area contributed by atoms with Crippen molar-refractivity contribution >= 4 is 5.57 Å². The summed E-state index contributed by atoms with van der Waals surface area (Å²) in [4.78, 5) is 4.90. The van der Waals surface area contributed by atoms with E-state index in [0.717, 1.165) is 42.4 Å². The lowest BCUT2D eigenvalue weighted by Gasteiger charge is -2.20. The molecule has 2 aliphatic carbocycles. The van der Waals surface area contributed by atoms with E-state index in [1.807, 2.05) is 12.2 Å². The van der Waals surface area contributed by atoms with Crippen molar-refractivity contribution in [3.8, 4) is 0 Å². The molecule has 1 fully saturated rings. The van der Waals surface area contributed by atoms with Crippen LogP contribution in [0.4, 0.5) is 0 Å². The van der Waals surface area contributed by atoms with E-state index in [0.29, 0.717) is 0 Å². The van der Waals surface area contributed by atoms with Crippen LogP contribution in [-0.4, -0.2) is 4.98 Å². The zero-order valence-electron chi connectivity index (χ0n) is 12.2. The summed E-state index contributed by atoms with van der Waals surface area (Å²) in [7, 11) is 0. The van der Waals surface area contributed by atoms with Gasteiger partial charge in [0.15, 0.2) is 0 Å². The van der Waals surface area contributed by atoms with E-state index >= 15 is 0 Å². The first kappa shape index (κ1) is 13.4. The van der Waals surface area contributed by atoms with Gasteiger partial charge in [0.1, 0.15) is 0 Å². The van der Waals surface area contributed by atoms with Crippen LogP contribution in [0.3, 0.4) is 0 Å². The first-order chi connectivity index (χ1) is 9.74. The molecule has 1 nitrogen and oxygen atoms in total. The third kappa shape index (κ3) is 2.15. The van der Waals surface area contributed by atoms with Gasteiger partial charge in [-0.2, -0.15) is 0 Å². The van der Waals surface area contributed by atoms with E-state index in [2.05, 4.69) is 25.8 Å². The van der Waals surface area contributed by atoms with Gasteiger partial charge in [-0.1, -0.05) is 25.3 Å². The third-order valence-corrected chi connectivity index (χ3v) is 4.85. The van der Waals surface area contributed by atoms with Crippen LogP contribution in [-0.2, 0) is 6.42 Å². The van der Waals surface area contributed by atoms with Crippen LogP contribution >= 0.6 is 0 Å². The standard InChI is InChI=1S/C19H23N/c1-4-6-7-8-17-19-15-10-9-14(11-15)16(19)12-18(20-17)13(3)5-2/h4-5,12,14-15H,1-3,6-11H2. The normalized spacial score (nSPS) is 22.6. The van der Waals surface area contributed by atoms with Gasteiger partial charge in [-0.3, -0.25) is 4.98 Å². The van der Waals surface area contributed by atoms with Crippen LogP contribution in [0.1, 0.15) is 66.5 Å². The summed E-state index contributed by atoms with van der Waals surface area (Å²) in [5, 5.41) is 0. The number of aryl methyl sites for hydroxylation is 1. The molecule has 20 heavy (non-hydrogen) atoms. The molecule has 1 saturated carbocycles. The summed E-state index contributed by atoms with van der Waals surface area (Å²) >= 11 is 0. The molecule has 0 saturated heterocycles. The van der Waals surface area contributed by atoms with Crippen LogP contribution in [0.5, 0.6) is 0 Å². The van der Waals surface area contributed by atoms with Gasteiger partial charge in [0.25, 0.3) is 0 Å². The molecule has 0 aliphatic heterocycles. The molecule has 0 amide bonds. The highest BCUT2D eigenvalue weighted by Gasteiger charge is 2.39. The second-order valence-corrected chi connectivity index (χ2v) is 6.07. The highest BCUT2D eigenvalue weighted by atomic mass is 14.7. The fraction of sp³-hybridized carbons (Fsp3) is 0.421. The Hall–Kier alpha value is -1.63. The van der Waals surface area contributed by atoms with Crippen molar-refractivity contribution in [3.05, 3.63) is 60.5 Å². The lowest BCUT2D eigenvalue weighted by molar-refractivity contribution is 0.691. The van der Waals surface area contributed by atoms with Crippen LogP contribution in [0, 0.1) is 0 Å². The molecule has 2 bridgehead atoms. The first-order valence-electron chi connectivity index (χ1n) is 7.71. The predicted octanol–water partition coefficient (Wildman–Crippen LogP) is 5.15. The van der Waals surface area contributed by atoms with Gasteiger partial charge in [-0.25, -0.2) is 0 Å². The van der Waals surface area contributed by atoms with Gasteiger partial charge in [0.2, 0.25) is 0 Å². The number of allylic oxidation sites excluding steroid dienone is 3. The molecule has 0 radical (unpaired) electrons. The van der Waals surface area contributed by atoms with Gasteiger partial charge in [0.05, 0.1) is 5.69 Å². The van der Waals surface area contributed by atoms with Gasteiger partial charge in [-0.05, 0) is 73.1 Å². The molecule has 1 heteroatoms. The lowest BCUT2D eigenvalue weighted by atomic mass is 9.88. The Morgan fingerprint density at radius 1 is 1.30 bits per heavy atom. The SMILES string of the molecule is C=CCCCc1nc(C(=C)C=C)cc2c1C1CCC2C1. The Balaban J connectivity index is 2.00. The van der Waals surface area contributed by atoms with Crippen molar-refractivity contribution in [2.45, 2.75) is 50.4 Å². The number of hydrogen-bond donors (Lipinski definition) is 0. The molecule has 2 aliphatic rings. The van der Waals surface area contributed by atoms with Crippen LogP contribution < -0.4 is 0 Å². The van der Waals surface area contributed by atoms with Gasteiger partial charge < -0.3 is 0 Å². The zero-order valence-corrected chi connectivity index (χ0v) is 12.2. The minimum atomic E-state index is 0.771. The lowest BCUT2D eigenvalue weighted by Crippen LogP contribution is -2.07. The largest absolute Gasteiger partial charge is 0.253 e. The summed E-state index contributed by atoms with van der Waals surface area (Å²) < 4.78 is 0. The van der Waals surface area contributed by atoms with Crippen molar-refractivity contribution in [1.82, 2.24) is 4.98 Å². The van der Waals surface area contributed by atoms with Crippen molar-refractivity contribution in [1.29, 1.82) is 0 Å². The molecule has 0 spiro atoms.